The predicted octanol–water partition coefficient (Wildman–Crippen LogP) is 1.99. The fourth-order valence-corrected chi connectivity index (χ4v) is 1.63. The molecule has 0 saturated carbocycles. The van der Waals surface area contributed by atoms with Crippen molar-refractivity contribution in [2.24, 2.45) is 0 Å². The number of hydrogen-bond donors (Lipinski definition) is 0. The molecule has 0 aromatic carbocycles. The molecule has 0 amide bonds. The fourth-order valence-electron chi connectivity index (χ4n) is 1.63. The van der Waals surface area contributed by atoms with E-state index in [2.05, 4.69) is 15.1 Å². The summed E-state index contributed by atoms with van der Waals surface area (Å²) in [6.45, 7) is 5.86. The van der Waals surface area contributed by atoms with Gasteiger partial charge < -0.3 is 0 Å². The van der Waals surface area contributed by atoms with Crippen molar-refractivity contribution in [2.75, 3.05) is 0 Å². The second-order valence-corrected chi connectivity index (χ2v) is 4.47. The van der Waals surface area contributed by atoms with E-state index >= 15 is 0 Å². The van der Waals surface area contributed by atoms with Crippen LogP contribution in [0.5, 0.6) is 0 Å². The average Bonchev–Trinajstić information content (AvgIpc) is 2.77. The molecule has 94 valence electrons. The molecule has 2 heterocycles. The zero-order valence-corrected chi connectivity index (χ0v) is 10.8. The molecule has 0 aliphatic carbocycles. The number of aromatic nitrogens is 4. The lowest BCUT2D eigenvalue weighted by Gasteiger charge is -2.03. The summed E-state index contributed by atoms with van der Waals surface area (Å²) >= 11 is 0. The van der Waals surface area contributed by atoms with E-state index in [1.54, 1.807) is 19.2 Å². The minimum absolute atomic E-state index is 0.0329. The van der Waals surface area contributed by atoms with Gasteiger partial charge in [0.2, 0.25) is 0 Å². The third-order valence-corrected chi connectivity index (χ3v) is 2.60. The van der Waals surface area contributed by atoms with Crippen molar-refractivity contribution in [1.29, 1.82) is 0 Å². The van der Waals surface area contributed by atoms with Gasteiger partial charge in [-0.2, -0.15) is 5.10 Å². The highest BCUT2D eigenvalue weighted by Crippen LogP contribution is 2.07. The molecule has 5 nitrogen and oxygen atoms in total. The fraction of sp³-hybridized carbons (Fsp3) is 0.385. The van der Waals surface area contributed by atoms with E-state index in [-0.39, 0.29) is 12.2 Å². The van der Waals surface area contributed by atoms with Crippen LogP contribution in [0.25, 0.3) is 0 Å². The standard InChI is InChI=1S/C13H16N4O/c1-9(2)17-7-5-11(16-17)8-13(18)12-4-6-14-10(3)15-12/h4-7,9H,8H2,1-3H3. The van der Waals surface area contributed by atoms with Crippen LogP contribution < -0.4 is 0 Å². The summed E-state index contributed by atoms with van der Waals surface area (Å²) in [7, 11) is 0. The Bertz CT molecular complexity index is 560. The van der Waals surface area contributed by atoms with Crippen LogP contribution in [0, 0.1) is 6.92 Å². The number of ketones is 1. The summed E-state index contributed by atoms with van der Waals surface area (Å²) in [5.74, 6) is 0.572. The van der Waals surface area contributed by atoms with Crippen molar-refractivity contribution in [3.63, 3.8) is 0 Å². The lowest BCUT2D eigenvalue weighted by molar-refractivity contribution is 0.0986. The molecule has 0 aliphatic heterocycles. The van der Waals surface area contributed by atoms with Crippen LogP contribution in [0.4, 0.5) is 0 Å². The molecule has 18 heavy (non-hydrogen) atoms. The summed E-state index contributed by atoms with van der Waals surface area (Å²) < 4.78 is 1.84. The Morgan fingerprint density at radius 2 is 2.17 bits per heavy atom. The first-order valence-electron chi connectivity index (χ1n) is 5.93. The molecule has 0 bridgehead atoms. The minimum atomic E-state index is -0.0329. The lowest BCUT2D eigenvalue weighted by Crippen LogP contribution is -2.09. The molecule has 0 N–H and O–H groups in total. The Kier molecular flexibility index (Phi) is 3.50. The van der Waals surface area contributed by atoms with Gasteiger partial charge in [0, 0.05) is 18.4 Å². The second-order valence-electron chi connectivity index (χ2n) is 4.47. The molecule has 0 atom stereocenters. The number of nitrogens with zero attached hydrogens (tertiary/aromatic N) is 4. The number of carbonyl (C=O) groups is 1. The van der Waals surface area contributed by atoms with E-state index in [1.165, 1.54) is 0 Å². The molecule has 0 radical (unpaired) electrons. The van der Waals surface area contributed by atoms with Gasteiger partial charge in [0.25, 0.3) is 0 Å². The van der Waals surface area contributed by atoms with Gasteiger partial charge >= 0.3 is 0 Å². The molecule has 0 saturated heterocycles. The highest BCUT2D eigenvalue weighted by Gasteiger charge is 2.11. The summed E-state index contributed by atoms with van der Waals surface area (Å²) in [4.78, 5) is 20.1. The molecule has 5 heteroatoms. The monoisotopic (exact) mass is 244 g/mol. The Morgan fingerprint density at radius 3 is 2.78 bits per heavy atom. The first-order chi connectivity index (χ1) is 8.56. The largest absolute Gasteiger partial charge is 0.292 e. The van der Waals surface area contributed by atoms with Gasteiger partial charge in [0.1, 0.15) is 11.5 Å². The van der Waals surface area contributed by atoms with Crippen molar-refractivity contribution in [2.45, 2.75) is 33.2 Å². The van der Waals surface area contributed by atoms with Gasteiger partial charge in [-0.05, 0) is 32.9 Å². The normalized spacial score (nSPS) is 10.9. The van der Waals surface area contributed by atoms with E-state index in [1.807, 2.05) is 30.8 Å². The zero-order chi connectivity index (χ0) is 13.1. The maximum Gasteiger partial charge on any atom is 0.187 e. The quantitative estimate of drug-likeness (QED) is 0.772. The SMILES string of the molecule is Cc1nccc(C(=O)Cc2ccn(C(C)C)n2)n1. The number of hydrogen-bond acceptors (Lipinski definition) is 4. The van der Waals surface area contributed by atoms with Crippen LogP contribution >= 0.6 is 0 Å². The first-order valence-corrected chi connectivity index (χ1v) is 5.93. The lowest BCUT2D eigenvalue weighted by atomic mass is 10.1. The predicted molar refractivity (Wildman–Crippen MR) is 67.4 cm³/mol. The Morgan fingerprint density at radius 1 is 1.39 bits per heavy atom. The van der Waals surface area contributed by atoms with Crippen molar-refractivity contribution >= 4 is 5.78 Å². The molecule has 0 spiro atoms. The molecule has 2 aromatic heterocycles. The van der Waals surface area contributed by atoms with Crippen LogP contribution in [-0.2, 0) is 6.42 Å². The number of rotatable bonds is 4. The number of Topliss-reactive ketones (excluding diaryl/α,β-unsaturated/α-hetero) is 1. The Hall–Kier alpha value is -2.04. The Labute approximate surface area is 106 Å². The number of carbonyl (C=O) groups excluding carboxylic acids is 1. The van der Waals surface area contributed by atoms with Gasteiger partial charge in [-0.3, -0.25) is 9.48 Å². The van der Waals surface area contributed by atoms with Crippen LogP contribution in [0.15, 0.2) is 24.5 Å². The van der Waals surface area contributed by atoms with Crippen LogP contribution in [-0.4, -0.2) is 25.5 Å². The molecule has 0 unspecified atom stereocenters. The van der Waals surface area contributed by atoms with Crippen molar-refractivity contribution in [3.05, 3.63) is 41.7 Å². The van der Waals surface area contributed by atoms with E-state index in [0.29, 0.717) is 17.6 Å². The van der Waals surface area contributed by atoms with Crippen molar-refractivity contribution in [1.82, 2.24) is 19.7 Å². The number of aryl methyl sites for hydroxylation is 1. The summed E-state index contributed by atoms with van der Waals surface area (Å²) in [5, 5.41) is 4.35. The van der Waals surface area contributed by atoms with Gasteiger partial charge in [-0.25, -0.2) is 9.97 Å². The molecule has 2 rings (SSSR count). The highest BCUT2D eigenvalue weighted by atomic mass is 16.1. The summed E-state index contributed by atoms with van der Waals surface area (Å²) in [6, 6.07) is 3.80. The smallest absolute Gasteiger partial charge is 0.187 e. The van der Waals surface area contributed by atoms with Gasteiger partial charge in [0.05, 0.1) is 12.1 Å². The Balaban J connectivity index is 2.11. The van der Waals surface area contributed by atoms with Crippen LogP contribution in [0.1, 0.15) is 41.9 Å². The second kappa shape index (κ2) is 5.08. The first kappa shape index (κ1) is 12.4. The molecular weight excluding hydrogens is 228 g/mol. The van der Waals surface area contributed by atoms with E-state index in [4.69, 9.17) is 0 Å². The van der Waals surface area contributed by atoms with Crippen LogP contribution in [0.3, 0.4) is 0 Å². The third-order valence-electron chi connectivity index (χ3n) is 2.60. The van der Waals surface area contributed by atoms with Gasteiger partial charge in [-0.15, -0.1) is 0 Å². The zero-order valence-electron chi connectivity index (χ0n) is 10.8. The van der Waals surface area contributed by atoms with Crippen molar-refractivity contribution in [3.8, 4) is 0 Å². The average molecular weight is 244 g/mol. The van der Waals surface area contributed by atoms with Gasteiger partial charge in [0.15, 0.2) is 5.78 Å². The summed E-state index contributed by atoms with van der Waals surface area (Å²) in [6.07, 6.45) is 3.76. The highest BCUT2D eigenvalue weighted by molar-refractivity contribution is 5.95. The molecule has 2 aromatic rings. The minimum Gasteiger partial charge on any atom is -0.292 e. The van der Waals surface area contributed by atoms with E-state index in [0.717, 1.165) is 5.69 Å². The topological polar surface area (TPSA) is 60.7 Å². The molecular formula is C13H16N4O. The maximum atomic E-state index is 12.0. The van der Waals surface area contributed by atoms with E-state index < -0.39 is 0 Å². The van der Waals surface area contributed by atoms with Crippen molar-refractivity contribution < 1.29 is 4.79 Å². The maximum absolute atomic E-state index is 12.0. The molecule has 0 aliphatic rings. The van der Waals surface area contributed by atoms with Gasteiger partial charge in [-0.1, -0.05) is 0 Å². The summed E-state index contributed by atoms with van der Waals surface area (Å²) in [5.41, 5.74) is 1.21. The third kappa shape index (κ3) is 2.80. The van der Waals surface area contributed by atoms with Crippen LogP contribution in [0.2, 0.25) is 0 Å². The molecule has 0 fully saturated rings. The van der Waals surface area contributed by atoms with E-state index in [9.17, 15) is 4.79 Å².